The number of amides is 1. The molecule has 4 aliphatic rings. The average molecular weight is 359 g/mol. The number of likely N-dealkylation sites (tertiary alicyclic amines) is 1. The number of nitrogens with zero attached hydrogens (tertiary/aromatic N) is 4. The highest BCUT2D eigenvalue weighted by Crippen LogP contribution is 2.34. The van der Waals surface area contributed by atoms with E-state index in [2.05, 4.69) is 38.3 Å². The maximum atomic E-state index is 12.4. The summed E-state index contributed by atoms with van der Waals surface area (Å²) in [6.45, 7) is 4.15. The van der Waals surface area contributed by atoms with Crippen LogP contribution in [0, 0.1) is 5.92 Å². The Labute approximate surface area is 154 Å². The molecule has 1 aromatic rings. The lowest BCUT2D eigenvalue weighted by molar-refractivity contribution is 0.0498. The Hall–Kier alpha value is -1.51. The molecule has 2 saturated carbocycles. The lowest BCUT2D eigenvalue weighted by Crippen LogP contribution is -2.65. The molecule has 8 heteroatoms. The zero-order valence-electron chi connectivity index (χ0n) is 15.4. The number of rotatable bonds is 5. The molecule has 2 aliphatic carbocycles. The topological polar surface area (TPSA) is 87.1 Å². The number of hydrazine groups is 1. The molecule has 4 unspecified atom stereocenters. The Morgan fingerprint density at radius 2 is 2.04 bits per heavy atom. The first kappa shape index (κ1) is 16.6. The number of fused-ring (bicyclic) bond motifs is 1. The van der Waals surface area contributed by atoms with Gasteiger partial charge in [0.1, 0.15) is 0 Å². The van der Waals surface area contributed by atoms with E-state index in [1.54, 1.807) is 6.20 Å². The summed E-state index contributed by atoms with van der Waals surface area (Å²) < 4.78 is 1.82. The second-order valence-corrected chi connectivity index (χ2v) is 8.55. The molecule has 8 nitrogen and oxygen atoms in total. The Kier molecular flexibility index (Phi) is 4.21. The molecule has 4 fully saturated rings. The Bertz CT molecular complexity index is 666. The maximum Gasteiger partial charge on any atom is 0.273 e. The number of hydrogen-bond acceptors (Lipinski definition) is 6. The standard InChI is InChI=1S/C18H29N7O/c1-11(17-14-4-2-3-5-15(14)20-22-17)24-8-12(9-24)19-18(26)16-10-25(23-21-16)13-6-7-13/h10-15,17,20,22H,2-9H2,1H3,(H,19,26). The van der Waals surface area contributed by atoms with Crippen LogP contribution in [0.15, 0.2) is 6.20 Å². The fourth-order valence-corrected chi connectivity index (χ4v) is 4.88. The Balaban J connectivity index is 1.11. The second kappa shape index (κ2) is 6.58. The van der Waals surface area contributed by atoms with Gasteiger partial charge in [0.15, 0.2) is 5.69 Å². The van der Waals surface area contributed by atoms with E-state index in [4.69, 9.17) is 0 Å². The Morgan fingerprint density at radius 3 is 2.85 bits per heavy atom. The highest BCUT2D eigenvalue weighted by molar-refractivity contribution is 5.92. The first-order valence-corrected chi connectivity index (χ1v) is 10.2. The monoisotopic (exact) mass is 359 g/mol. The van der Waals surface area contributed by atoms with Crippen molar-refractivity contribution in [1.82, 2.24) is 36.1 Å². The van der Waals surface area contributed by atoms with Crippen LogP contribution in [0.25, 0.3) is 0 Å². The fourth-order valence-electron chi connectivity index (χ4n) is 4.88. The van der Waals surface area contributed by atoms with Gasteiger partial charge < -0.3 is 5.32 Å². The summed E-state index contributed by atoms with van der Waals surface area (Å²) in [7, 11) is 0. The molecular weight excluding hydrogens is 330 g/mol. The molecule has 5 rings (SSSR count). The van der Waals surface area contributed by atoms with Crippen molar-refractivity contribution in [2.75, 3.05) is 13.1 Å². The predicted molar refractivity (Wildman–Crippen MR) is 96.4 cm³/mol. The zero-order valence-corrected chi connectivity index (χ0v) is 15.4. The molecule has 0 radical (unpaired) electrons. The molecule has 26 heavy (non-hydrogen) atoms. The van der Waals surface area contributed by atoms with Crippen LogP contribution in [0.5, 0.6) is 0 Å². The number of carbonyl (C=O) groups is 1. The molecule has 0 aromatic carbocycles. The van der Waals surface area contributed by atoms with Crippen molar-refractivity contribution in [3.63, 3.8) is 0 Å². The van der Waals surface area contributed by atoms with Crippen molar-refractivity contribution in [1.29, 1.82) is 0 Å². The molecule has 1 aromatic heterocycles. The lowest BCUT2D eigenvalue weighted by Gasteiger charge is -2.46. The first-order valence-electron chi connectivity index (χ1n) is 10.2. The summed E-state index contributed by atoms with van der Waals surface area (Å²) in [5.74, 6) is 0.645. The van der Waals surface area contributed by atoms with E-state index >= 15 is 0 Å². The highest BCUT2D eigenvalue weighted by Gasteiger charge is 2.44. The maximum absolute atomic E-state index is 12.4. The van der Waals surface area contributed by atoms with Gasteiger partial charge in [0.05, 0.1) is 18.3 Å². The van der Waals surface area contributed by atoms with Crippen molar-refractivity contribution in [3.8, 4) is 0 Å². The van der Waals surface area contributed by atoms with Gasteiger partial charge in [0, 0.05) is 31.2 Å². The van der Waals surface area contributed by atoms with E-state index in [1.807, 2.05) is 4.68 Å². The fraction of sp³-hybridized carbons (Fsp3) is 0.833. The lowest BCUT2D eigenvalue weighted by atomic mass is 9.79. The van der Waals surface area contributed by atoms with Gasteiger partial charge in [-0.2, -0.15) is 0 Å². The highest BCUT2D eigenvalue weighted by atomic mass is 16.2. The molecular formula is C18H29N7O. The zero-order chi connectivity index (χ0) is 17.7. The first-order chi connectivity index (χ1) is 12.7. The third-order valence-electron chi connectivity index (χ3n) is 6.72. The van der Waals surface area contributed by atoms with Crippen molar-refractivity contribution >= 4 is 5.91 Å². The molecule has 2 saturated heterocycles. The molecule has 3 N–H and O–H groups in total. The molecule has 1 amide bonds. The number of carbonyl (C=O) groups excluding carboxylic acids is 1. The molecule has 0 bridgehead atoms. The average Bonchev–Trinajstić information content (AvgIpc) is 3.19. The minimum absolute atomic E-state index is 0.0952. The minimum Gasteiger partial charge on any atom is -0.345 e. The third kappa shape index (κ3) is 3.04. The molecule has 4 atom stereocenters. The quantitative estimate of drug-likeness (QED) is 0.708. The van der Waals surface area contributed by atoms with Gasteiger partial charge in [-0.25, -0.2) is 4.68 Å². The summed E-state index contributed by atoms with van der Waals surface area (Å²) in [5, 5.41) is 11.2. The van der Waals surface area contributed by atoms with E-state index in [1.165, 1.54) is 25.7 Å². The molecule has 3 heterocycles. The van der Waals surface area contributed by atoms with Gasteiger partial charge >= 0.3 is 0 Å². The van der Waals surface area contributed by atoms with Gasteiger partial charge in [0.25, 0.3) is 5.91 Å². The van der Waals surface area contributed by atoms with Crippen LogP contribution in [0.1, 0.15) is 62.0 Å². The molecule has 2 aliphatic heterocycles. The smallest absolute Gasteiger partial charge is 0.273 e. The van der Waals surface area contributed by atoms with Crippen LogP contribution in [0.4, 0.5) is 0 Å². The normalized spacial score (nSPS) is 33.5. The largest absolute Gasteiger partial charge is 0.345 e. The van der Waals surface area contributed by atoms with E-state index in [0.29, 0.717) is 29.9 Å². The van der Waals surface area contributed by atoms with Crippen LogP contribution < -0.4 is 16.2 Å². The van der Waals surface area contributed by atoms with E-state index < -0.39 is 0 Å². The summed E-state index contributed by atoms with van der Waals surface area (Å²) in [6, 6.07) is 2.31. The van der Waals surface area contributed by atoms with Crippen molar-refractivity contribution in [2.45, 2.75) is 75.7 Å². The Morgan fingerprint density at radius 1 is 1.23 bits per heavy atom. The van der Waals surface area contributed by atoms with Crippen molar-refractivity contribution in [3.05, 3.63) is 11.9 Å². The SMILES string of the molecule is CC(C1NNC2CCCCC21)N1CC(NC(=O)c2cn(C3CC3)nn2)C1. The van der Waals surface area contributed by atoms with E-state index in [0.717, 1.165) is 31.8 Å². The van der Waals surface area contributed by atoms with Crippen LogP contribution in [-0.4, -0.2) is 63.1 Å². The summed E-state index contributed by atoms with van der Waals surface area (Å²) >= 11 is 0. The number of hydrogen-bond donors (Lipinski definition) is 3. The minimum atomic E-state index is -0.0952. The third-order valence-corrected chi connectivity index (χ3v) is 6.72. The van der Waals surface area contributed by atoms with Crippen LogP contribution in [0.2, 0.25) is 0 Å². The van der Waals surface area contributed by atoms with Crippen LogP contribution in [-0.2, 0) is 0 Å². The van der Waals surface area contributed by atoms with Gasteiger partial charge in [-0.1, -0.05) is 18.1 Å². The van der Waals surface area contributed by atoms with Gasteiger partial charge in [-0.3, -0.25) is 20.5 Å². The van der Waals surface area contributed by atoms with E-state index in [9.17, 15) is 4.79 Å². The van der Waals surface area contributed by atoms with Crippen molar-refractivity contribution < 1.29 is 4.79 Å². The number of aromatic nitrogens is 3. The van der Waals surface area contributed by atoms with Gasteiger partial charge in [-0.15, -0.1) is 5.10 Å². The van der Waals surface area contributed by atoms with Crippen LogP contribution >= 0.6 is 0 Å². The predicted octanol–water partition coefficient (Wildman–Crippen LogP) is 0.451. The number of nitrogens with one attached hydrogen (secondary N) is 3. The summed E-state index contributed by atoms with van der Waals surface area (Å²) in [5.41, 5.74) is 7.50. The van der Waals surface area contributed by atoms with E-state index in [-0.39, 0.29) is 11.9 Å². The van der Waals surface area contributed by atoms with Gasteiger partial charge in [-0.05, 0) is 38.5 Å². The molecule has 0 spiro atoms. The summed E-state index contributed by atoms with van der Waals surface area (Å²) in [6.07, 6.45) is 9.39. The summed E-state index contributed by atoms with van der Waals surface area (Å²) in [4.78, 5) is 14.8. The van der Waals surface area contributed by atoms with Crippen LogP contribution in [0.3, 0.4) is 0 Å². The van der Waals surface area contributed by atoms with Crippen molar-refractivity contribution in [2.24, 2.45) is 5.92 Å². The second-order valence-electron chi connectivity index (χ2n) is 8.55. The molecule has 142 valence electrons. The van der Waals surface area contributed by atoms with Gasteiger partial charge in [0.2, 0.25) is 0 Å².